The molecule has 0 spiro atoms. The zero-order valence-electron chi connectivity index (χ0n) is 16.7. The minimum absolute atomic E-state index is 0.0534. The molecule has 3 rings (SSSR count). The summed E-state index contributed by atoms with van der Waals surface area (Å²) < 4.78 is 0. The first kappa shape index (κ1) is 20.1. The van der Waals surface area contributed by atoms with Crippen molar-refractivity contribution in [3.63, 3.8) is 0 Å². The van der Waals surface area contributed by atoms with Crippen molar-refractivity contribution < 1.29 is 9.59 Å². The number of rotatable bonds is 7. The van der Waals surface area contributed by atoms with Gasteiger partial charge in [0.05, 0.1) is 6.54 Å². The monoisotopic (exact) mass is 387 g/mol. The van der Waals surface area contributed by atoms with Gasteiger partial charge in [-0.2, -0.15) is 0 Å². The number of nitrogens with one attached hydrogen (secondary N) is 2. The van der Waals surface area contributed by atoms with Crippen LogP contribution in [0.15, 0.2) is 78.9 Å². The molecule has 0 saturated heterocycles. The van der Waals surface area contributed by atoms with Gasteiger partial charge in [-0.05, 0) is 62.4 Å². The molecule has 5 nitrogen and oxygen atoms in total. The topological polar surface area (TPSA) is 61.4 Å². The first-order valence-electron chi connectivity index (χ1n) is 9.64. The van der Waals surface area contributed by atoms with Crippen LogP contribution in [0.2, 0.25) is 0 Å². The fraction of sp³-hybridized carbons (Fsp3) is 0.167. The number of carbonyl (C=O) groups excluding carboxylic acids is 2. The fourth-order valence-corrected chi connectivity index (χ4v) is 2.96. The summed E-state index contributed by atoms with van der Waals surface area (Å²) >= 11 is 0. The normalized spacial score (nSPS) is 10.3. The number of amides is 2. The number of hydrogen-bond acceptors (Lipinski definition) is 3. The summed E-state index contributed by atoms with van der Waals surface area (Å²) in [6.45, 7) is 4.68. The Kier molecular flexibility index (Phi) is 6.63. The van der Waals surface area contributed by atoms with Crippen molar-refractivity contribution in [1.82, 2.24) is 0 Å². The Bertz CT molecular complexity index is 952. The van der Waals surface area contributed by atoms with E-state index in [9.17, 15) is 9.59 Å². The van der Waals surface area contributed by atoms with E-state index in [-0.39, 0.29) is 18.4 Å². The summed E-state index contributed by atoms with van der Waals surface area (Å²) in [6.07, 6.45) is 0. The summed E-state index contributed by atoms with van der Waals surface area (Å²) in [5, 5.41) is 5.93. The van der Waals surface area contributed by atoms with E-state index in [2.05, 4.69) is 10.6 Å². The van der Waals surface area contributed by atoms with Crippen LogP contribution in [0.25, 0.3) is 0 Å². The minimum atomic E-state index is -0.129. The molecule has 2 amide bonds. The molecule has 0 radical (unpaired) electrons. The van der Waals surface area contributed by atoms with Gasteiger partial charge < -0.3 is 15.5 Å². The fourth-order valence-electron chi connectivity index (χ4n) is 2.96. The third-order valence-electron chi connectivity index (χ3n) is 4.55. The van der Waals surface area contributed by atoms with Crippen molar-refractivity contribution in [1.29, 1.82) is 0 Å². The lowest BCUT2D eigenvalue weighted by Gasteiger charge is -2.21. The number of carbonyl (C=O) groups is 2. The molecule has 5 heteroatoms. The van der Waals surface area contributed by atoms with E-state index in [4.69, 9.17) is 0 Å². The third kappa shape index (κ3) is 5.45. The Labute approximate surface area is 171 Å². The summed E-state index contributed by atoms with van der Waals surface area (Å²) in [4.78, 5) is 26.7. The highest BCUT2D eigenvalue weighted by molar-refractivity contribution is 6.06. The van der Waals surface area contributed by atoms with E-state index in [0.717, 1.165) is 22.6 Å². The molecule has 29 heavy (non-hydrogen) atoms. The van der Waals surface area contributed by atoms with Gasteiger partial charge in [0.25, 0.3) is 5.91 Å². The molecule has 2 N–H and O–H groups in total. The molecule has 0 saturated carbocycles. The Morgan fingerprint density at radius 1 is 0.828 bits per heavy atom. The van der Waals surface area contributed by atoms with E-state index in [1.807, 2.05) is 80.6 Å². The molecule has 0 heterocycles. The molecule has 0 bridgehead atoms. The lowest BCUT2D eigenvalue weighted by Crippen LogP contribution is -2.30. The molecule has 148 valence electrons. The SMILES string of the molecule is CCN(C(=O)c1ccc(NCC(=O)Nc2ccc(C)cc2)cc1)c1ccccc1. The molecule has 0 aromatic heterocycles. The Morgan fingerprint density at radius 2 is 1.45 bits per heavy atom. The maximum absolute atomic E-state index is 12.8. The number of hydrogen-bond donors (Lipinski definition) is 2. The van der Waals surface area contributed by atoms with Crippen LogP contribution >= 0.6 is 0 Å². The molecule has 0 aliphatic heterocycles. The Hall–Kier alpha value is -3.60. The summed E-state index contributed by atoms with van der Waals surface area (Å²) in [7, 11) is 0. The number of para-hydroxylation sites is 1. The van der Waals surface area contributed by atoms with Crippen LogP contribution in [0, 0.1) is 6.92 Å². The van der Waals surface area contributed by atoms with Gasteiger partial charge in [0.15, 0.2) is 0 Å². The van der Waals surface area contributed by atoms with Crippen LogP contribution in [0.5, 0.6) is 0 Å². The quantitative estimate of drug-likeness (QED) is 0.617. The first-order chi connectivity index (χ1) is 14.1. The summed E-state index contributed by atoms with van der Waals surface area (Å²) in [5.74, 6) is -0.183. The zero-order valence-corrected chi connectivity index (χ0v) is 16.7. The average molecular weight is 387 g/mol. The van der Waals surface area contributed by atoms with Crippen LogP contribution in [0.1, 0.15) is 22.8 Å². The molecular formula is C24H25N3O2. The summed E-state index contributed by atoms with van der Waals surface area (Å²) in [6, 6.07) is 24.4. The Balaban J connectivity index is 1.57. The molecule has 0 atom stereocenters. The zero-order chi connectivity index (χ0) is 20.6. The predicted octanol–water partition coefficient (Wildman–Crippen LogP) is 4.71. The van der Waals surface area contributed by atoms with Crippen molar-refractivity contribution in [3.05, 3.63) is 90.0 Å². The smallest absolute Gasteiger partial charge is 0.258 e. The summed E-state index contributed by atoms with van der Waals surface area (Å²) in [5.41, 5.74) is 4.16. The molecule has 0 fully saturated rings. The third-order valence-corrected chi connectivity index (χ3v) is 4.55. The van der Waals surface area contributed by atoms with Crippen LogP contribution in [-0.4, -0.2) is 24.9 Å². The Morgan fingerprint density at radius 3 is 2.07 bits per heavy atom. The maximum atomic E-state index is 12.8. The lowest BCUT2D eigenvalue weighted by molar-refractivity contribution is -0.114. The minimum Gasteiger partial charge on any atom is -0.376 e. The van der Waals surface area contributed by atoms with Crippen molar-refractivity contribution >= 4 is 28.9 Å². The highest BCUT2D eigenvalue weighted by Gasteiger charge is 2.15. The van der Waals surface area contributed by atoms with Gasteiger partial charge in [-0.25, -0.2) is 0 Å². The highest BCUT2D eigenvalue weighted by atomic mass is 16.2. The largest absolute Gasteiger partial charge is 0.376 e. The van der Waals surface area contributed by atoms with Crippen LogP contribution in [0.3, 0.4) is 0 Å². The van der Waals surface area contributed by atoms with Gasteiger partial charge in [-0.3, -0.25) is 9.59 Å². The maximum Gasteiger partial charge on any atom is 0.258 e. The van der Waals surface area contributed by atoms with Crippen LogP contribution in [0.4, 0.5) is 17.1 Å². The molecule has 0 aliphatic rings. The van der Waals surface area contributed by atoms with Gasteiger partial charge in [0.2, 0.25) is 5.91 Å². The lowest BCUT2D eigenvalue weighted by atomic mass is 10.1. The molecular weight excluding hydrogens is 362 g/mol. The first-order valence-corrected chi connectivity index (χ1v) is 9.64. The van der Waals surface area contributed by atoms with E-state index in [1.54, 1.807) is 17.0 Å². The van der Waals surface area contributed by atoms with Crippen molar-refractivity contribution in [2.45, 2.75) is 13.8 Å². The number of nitrogens with zero attached hydrogens (tertiary/aromatic N) is 1. The second kappa shape index (κ2) is 9.55. The van der Waals surface area contributed by atoms with Gasteiger partial charge >= 0.3 is 0 Å². The number of anilines is 3. The van der Waals surface area contributed by atoms with E-state index in [0.29, 0.717) is 12.1 Å². The second-order valence-electron chi connectivity index (χ2n) is 6.73. The van der Waals surface area contributed by atoms with Gasteiger partial charge in [-0.1, -0.05) is 35.9 Å². The van der Waals surface area contributed by atoms with Crippen molar-refractivity contribution in [2.75, 3.05) is 28.6 Å². The standard InChI is InChI=1S/C24H25N3O2/c1-3-27(22-7-5-4-6-8-22)24(29)19-11-15-20(16-12-19)25-17-23(28)26-21-13-9-18(2)10-14-21/h4-16,25H,3,17H2,1-2H3,(H,26,28). The van der Waals surface area contributed by atoms with Crippen LogP contribution in [-0.2, 0) is 4.79 Å². The number of benzene rings is 3. The molecule has 0 unspecified atom stereocenters. The van der Waals surface area contributed by atoms with E-state index in [1.165, 1.54) is 0 Å². The molecule has 0 aliphatic carbocycles. The molecule has 3 aromatic rings. The van der Waals surface area contributed by atoms with Crippen molar-refractivity contribution in [2.24, 2.45) is 0 Å². The predicted molar refractivity (Wildman–Crippen MR) is 119 cm³/mol. The van der Waals surface area contributed by atoms with Crippen molar-refractivity contribution in [3.8, 4) is 0 Å². The highest BCUT2D eigenvalue weighted by Crippen LogP contribution is 2.18. The van der Waals surface area contributed by atoms with Gasteiger partial charge in [0.1, 0.15) is 0 Å². The van der Waals surface area contributed by atoms with Gasteiger partial charge in [0, 0.05) is 29.2 Å². The molecule has 3 aromatic carbocycles. The second-order valence-corrected chi connectivity index (χ2v) is 6.73. The average Bonchev–Trinajstić information content (AvgIpc) is 2.75. The van der Waals surface area contributed by atoms with Crippen LogP contribution < -0.4 is 15.5 Å². The van der Waals surface area contributed by atoms with Gasteiger partial charge in [-0.15, -0.1) is 0 Å². The van der Waals surface area contributed by atoms with E-state index < -0.39 is 0 Å². The number of aryl methyl sites for hydroxylation is 1. The van der Waals surface area contributed by atoms with E-state index >= 15 is 0 Å².